The number of nitrogen functional groups attached to an aromatic ring is 1. The molecule has 1 aromatic heterocycles. The van der Waals surface area contributed by atoms with E-state index >= 15 is 0 Å². The summed E-state index contributed by atoms with van der Waals surface area (Å²) in [7, 11) is 2.17. The van der Waals surface area contributed by atoms with Gasteiger partial charge < -0.3 is 10.6 Å². The molecule has 0 aromatic carbocycles. The molecule has 0 amide bonds. The molecule has 0 atom stereocenters. The predicted octanol–water partition coefficient (Wildman–Crippen LogP) is 1.88. The average molecular weight is 267 g/mol. The first-order valence-corrected chi connectivity index (χ1v) is 5.16. The summed E-state index contributed by atoms with van der Waals surface area (Å²) in [6.07, 6.45) is 4.12. The van der Waals surface area contributed by atoms with Gasteiger partial charge in [-0.05, 0) is 39.9 Å². The molecule has 6 heteroatoms. The van der Waals surface area contributed by atoms with Gasteiger partial charge in [-0.15, -0.1) is 24.8 Å². The molecule has 0 spiro atoms. The van der Waals surface area contributed by atoms with Gasteiger partial charge in [-0.25, -0.2) is 0 Å². The predicted molar refractivity (Wildman–Crippen MR) is 71.6 cm³/mol. The van der Waals surface area contributed by atoms with E-state index in [1.165, 1.54) is 12.8 Å². The highest BCUT2D eigenvalue weighted by Crippen LogP contribution is 2.24. The molecule has 2 N–H and O–H groups in total. The second kappa shape index (κ2) is 6.33. The molecule has 0 unspecified atom stereocenters. The van der Waals surface area contributed by atoms with Crippen molar-refractivity contribution in [3.63, 3.8) is 0 Å². The molecule has 2 heterocycles. The molecule has 0 aliphatic carbocycles. The molecule has 1 aliphatic heterocycles. The van der Waals surface area contributed by atoms with Gasteiger partial charge in [-0.1, -0.05) is 0 Å². The summed E-state index contributed by atoms with van der Waals surface area (Å²) < 4.78 is 2.09. The van der Waals surface area contributed by atoms with E-state index in [1.807, 2.05) is 6.92 Å². The first kappa shape index (κ1) is 15.6. The number of aromatic nitrogens is 2. The van der Waals surface area contributed by atoms with Gasteiger partial charge in [0.2, 0.25) is 0 Å². The molecular formula is C10H20Cl2N4. The van der Waals surface area contributed by atoms with Crippen molar-refractivity contribution in [1.82, 2.24) is 14.7 Å². The van der Waals surface area contributed by atoms with Crippen molar-refractivity contribution >= 4 is 30.5 Å². The summed E-state index contributed by atoms with van der Waals surface area (Å²) in [5.74, 6) is 0. The number of halogens is 2. The Kier molecular flexibility index (Phi) is 6.15. The Labute approximate surface area is 109 Å². The fraction of sp³-hybridized carbons (Fsp3) is 0.700. The summed E-state index contributed by atoms with van der Waals surface area (Å²) in [6, 6.07) is 0.545. The van der Waals surface area contributed by atoms with Gasteiger partial charge in [0.25, 0.3) is 0 Å². The quantitative estimate of drug-likeness (QED) is 0.845. The molecule has 4 nitrogen and oxygen atoms in total. The van der Waals surface area contributed by atoms with Crippen LogP contribution in [0.3, 0.4) is 0 Å². The standard InChI is InChI=1S/C10H18N4.2ClH/c1-8-10(11)7-12-14(8)9-3-5-13(2)6-4-9;;/h7,9H,3-6,11H2,1-2H3;2*1H. The van der Waals surface area contributed by atoms with Gasteiger partial charge in [0.05, 0.1) is 23.6 Å². The van der Waals surface area contributed by atoms with E-state index in [9.17, 15) is 0 Å². The summed E-state index contributed by atoms with van der Waals surface area (Å²) in [5.41, 5.74) is 7.70. The minimum Gasteiger partial charge on any atom is -0.396 e. The molecule has 0 saturated carbocycles. The van der Waals surface area contributed by atoms with Crippen LogP contribution in [0, 0.1) is 6.92 Å². The number of piperidine rings is 1. The fourth-order valence-corrected chi connectivity index (χ4v) is 2.04. The maximum atomic E-state index is 5.78. The van der Waals surface area contributed by atoms with Gasteiger partial charge in [-0.3, -0.25) is 4.68 Å². The number of nitrogens with two attached hydrogens (primary N) is 1. The molecule has 0 radical (unpaired) electrons. The third kappa shape index (κ3) is 3.03. The van der Waals surface area contributed by atoms with Crippen LogP contribution in [0.25, 0.3) is 0 Å². The Hall–Kier alpha value is -0.450. The minimum absolute atomic E-state index is 0. The van der Waals surface area contributed by atoms with Gasteiger partial charge >= 0.3 is 0 Å². The molecule has 94 valence electrons. The number of anilines is 1. The average Bonchev–Trinajstić information content (AvgIpc) is 2.50. The van der Waals surface area contributed by atoms with Gasteiger partial charge in [-0.2, -0.15) is 5.10 Å². The molecule has 2 rings (SSSR count). The van der Waals surface area contributed by atoms with Crippen LogP contribution in [0.5, 0.6) is 0 Å². The smallest absolute Gasteiger partial charge is 0.0730 e. The van der Waals surface area contributed by atoms with Crippen LogP contribution < -0.4 is 5.73 Å². The van der Waals surface area contributed by atoms with Crippen LogP contribution in [0.15, 0.2) is 6.20 Å². The van der Waals surface area contributed by atoms with E-state index < -0.39 is 0 Å². The van der Waals surface area contributed by atoms with Crippen molar-refractivity contribution in [2.45, 2.75) is 25.8 Å². The third-order valence-electron chi connectivity index (χ3n) is 3.12. The van der Waals surface area contributed by atoms with Crippen LogP contribution in [0.1, 0.15) is 24.6 Å². The van der Waals surface area contributed by atoms with Crippen LogP contribution in [0.2, 0.25) is 0 Å². The molecule has 0 bridgehead atoms. The van der Waals surface area contributed by atoms with Crippen molar-refractivity contribution in [1.29, 1.82) is 0 Å². The molecule has 1 aliphatic rings. The van der Waals surface area contributed by atoms with Crippen molar-refractivity contribution in [2.24, 2.45) is 0 Å². The zero-order chi connectivity index (χ0) is 10.1. The number of rotatable bonds is 1. The Morgan fingerprint density at radius 3 is 2.31 bits per heavy atom. The van der Waals surface area contributed by atoms with Crippen molar-refractivity contribution in [3.8, 4) is 0 Å². The maximum Gasteiger partial charge on any atom is 0.0730 e. The highest BCUT2D eigenvalue weighted by Gasteiger charge is 2.20. The largest absolute Gasteiger partial charge is 0.396 e. The van der Waals surface area contributed by atoms with Gasteiger partial charge in [0.1, 0.15) is 0 Å². The van der Waals surface area contributed by atoms with Crippen LogP contribution in [-0.4, -0.2) is 34.8 Å². The first-order valence-electron chi connectivity index (χ1n) is 5.16. The monoisotopic (exact) mass is 266 g/mol. The van der Waals surface area contributed by atoms with Gasteiger partial charge in [0.15, 0.2) is 0 Å². The molecule has 1 aromatic rings. The van der Waals surface area contributed by atoms with Crippen molar-refractivity contribution in [2.75, 3.05) is 25.9 Å². The van der Waals surface area contributed by atoms with E-state index in [1.54, 1.807) is 6.20 Å². The summed E-state index contributed by atoms with van der Waals surface area (Å²) in [4.78, 5) is 2.36. The third-order valence-corrected chi connectivity index (χ3v) is 3.12. The SMILES string of the molecule is Cc1c(N)cnn1C1CCN(C)CC1.Cl.Cl. The van der Waals surface area contributed by atoms with Crippen LogP contribution >= 0.6 is 24.8 Å². The lowest BCUT2D eigenvalue weighted by Gasteiger charge is -2.29. The minimum atomic E-state index is 0. The summed E-state index contributed by atoms with van der Waals surface area (Å²) >= 11 is 0. The van der Waals surface area contributed by atoms with E-state index in [0.717, 1.165) is 24.5 Å². The van der Waals surface area contributed by atoms with Crippen molar-refractivity contribution in [3.05, 3.63) is 11.9 Å². The lowest BCUT2D eigenvalue weighted by atomic mass is 10.1. The van der Waals surface area contributed by atoms with E-state index in [2.05, 4.69) is 21.7 Å². The molecule has 1 fully saturated rings. The molecule has 16 heavy (non-hydrogen) atoms. The van der Waals surface area contributed by atoms with Crippen LogP contribution in [0.4, 0.5) is 5.69 Å². The maximum absolute atomic E-state index is 5.78. The van der Waals surface area contributed by atoms with E-state index in [0.29, 0.717) is 6.04 Å². The number of likely N-dealkylation sites (tertiary alicyclic amines) is 1. The zero-order valence-corrected chi connectivity index (χ0v) is 11.4. The highest BCUT2D eigenvalue weighted by molar-refractivity contribution is 5.85. The Morgan fingerprint density at radius 1 is 1.31 bits per heavy atom. The number of hydrogen-bond acceptors (Lipinski definition) is 3. The molecular weight excluding hydrogens is 247 g/mol. The summed E-state index contributed by atoms with van der Waals surface area (Å²) in [6.45, 7) is 4.36. The van der Waals surface area contributed by atoms with E-state index in [-0.39, 0.29) is 24.8 Å². The normalized spacial score (nSPS) is 17.6. The zero-order valence-electron chi connectivity index (χ0n) is 9.72. The molecule has 1 saturated heterocycles. The number of nitrogens with zero attached hydrogens (tertiary/aromatic N) is 3. The Bertz CT molecular complexity index is 319. The second-order valence-corrected chi connectivity index (χ2v) is 4.16. The van der Waals surface area contributed by atoms with E-state index in [4.69, 9.17) is 5.73 Å². The number of hydrogen-bond donors (Lipinski definition) is 1. The summed E-state index contributed by atoms with van der Waals surface area (Å²) in [5, 5.41) is 4.34. The van der Waals surface area contributed by atoms with Crippen molar-refractivity contribution < 1.29 is 0 Å². The van der Waals surface area contributed by atoms with Crippen LogP contribution in [-0.2, 0) is 0 Å². The Morgan fingerprint density at radius 2 is 1.88 bits per heavy atom. The highest BCUT2D eigenvalue weighted by atomic mass is 35.5. The lowest BCUT2D eigenvalue weighted by molar-refractivity contribution is 0.211. The second-order valence-electron chi connectivity index (χ2n) is 4.16. The topological polar surface area (TPSA) is 47.1 Å². The van der Waals surface area contributed by atoms with Gasteiger partial charge in [0, 0.05) is 0 Å². The Balaban J connectivity index is 0.00000112. The first-order chi connectivity index (χ1) is 6.68. The fourth-order valence-electron chi connectivity index (χ4n) is 2.04. The lowest BCUT2D eigenvalue weighted by Crippen LogP contribution is -2.32.